The zero-order valence-corrected chi connectivity index (χ0v) is 16.8. The van der Waals surface area contributed by atoms with Crippen LogP contribution in [0.3, 0.4) is 0 Å². The quantitative estimate of drug-likeness (QED) is 0.655. The number of pyridine rings is 1. The number of rotatable bonds is 6. The number of hydrogen-bond donors (Lipinski definition) is 3. The van der Waals surface area contributed by atoms with Crippen molar-refractivity contribution in [1.29, 1.82) is 0 Å². The third kappa shape index (κ3) is 5.07. The van der Waals surface area contributed by atoms with Crippen molar-refractivity contribution in [1.82, 2.24) is 10.3 Å². The topological polar surface area (TPSA) is 97.5 Å². The summed E-state index contributed by atoms with van der Waals surface area (Å²) in [7, 11) is 0. The molecule has 3 rings (SSSR count). The highest BCUT2D eigenvalue weighted by Crippen LogP contribution is 2.28. The van der Waals surface area contributed by atoms with Crippen LogP contribution in [0, 0.1) is 5.92 Å². The van der Waals surface area contributed by atoms with Crippen LogP contribution >= 0.6 is 23.2 Å². The number of benzene rings is 1. The van der Waals surface area contributed by atoms with E-state index in [9.17, 15) is 9.90 Å². The van der Waals surface area contributed by atoms with Crippen LogP contribution in [0.15, 0.2) is 30.5 Å². The van der Waals surface area contributed by atoms with Crippen molar-refractivity contribution >= 4 is 34.9 Å². The van der Waals surface area contributed by atoms with E-state index >= 15 is 0 Å². The molecule has 1 aromatic heterocycles. The molecule has 0 aliphatic heterocycles. The Labute approximate surface area is 174 Å². The normalized spacial score (nSPS) is 19.2. The van der Waals surface area contributed by atoms with Gasteiger partial charge in [-0.05, 0) is 31.0 Å². The molecule has 1 aliphatic rings. The Kier molecular flexibility index (Phi) is 6.99. The molecule has 0 saturated heterocycles. The maximum atomic E-state index is 12.5. The van der Waals surface area contributed by atoms with Crippen LogP contribution in [0.25, 0.3) is 0 Å². The molecule has 2 atom stereocenters. The summed E-state index contributed by atoms with van der Waals surface area (Å²) < 4.78 is 5.71. The van der Waals surface area contributed by atoms with Crippen LogP contribution in [-0.2, 0) is 6.61 Å². The number of amides is 1. The smallest absolute Gasteiger partial charge is 0.252 e. The number of aliphatic hydroxyl groups is 1. The number of hydrogen-bond acceptors (Lipinski definition) is 5. The second-order valence-electron chi connectivity index (χ2n) is 6.92. The third-order valence-electron chi connectivity index (χ3n) is 4.97. The van der Waals surface area contributed by atoms with Gasteiger partial charge in [0.05, 0.1) is 11.7 Å². The number of aromatic nitrogens is 1. The molecular weight excluding hydrogens is 401 g/mol. The van der Waals surface area contributed by atoms with E-state index in [1.54, 1.807) is 24.3 Å². The highest BCUT2D eigenvalue weighted by molar-refractivity contribution is 6.35. The molecule has 150 valence electrons. The number of nitrogens with zero attached hydrogens (tertiary/aromatic N) is 1. The minimum atomic E-state index is -0.363. The standard InChI is InChI=1S/C20H23Cl2N3O3/c21-15-5-3-6-16(22)14(15)11-28-18-8-13(10-24-19(18)23)20(27)25-9-12-4-1-2-7-17(12)26/h3,5-6,8,10,12,17,26H,1-2,4,7,9,11H2,(H2,23,24)(H,25,27)/t12-,17-/m1/s1. The molecule has 1 aliphatic carbocycles. The van der Waals surface area contributed by atoms with Crippen molar-refractivity contribution in [2.24, 2.45) is 5.92 Å². The van der Waals surface area contributed by atoms with Gasteiger partial charge in [-0.1, -0.05) is 42.1 Å². The SMILES string of the molecule is Nc1ncc(C(=O)NC[C@H]2CCCC[C@H]2O)cc1OCc1c(Cl)cccc1Cl. The van der Waals surface area contributed by atoms with Crippen molar-refractivity contribution in [2.75, 3.05) is 12.3 Å². The summed E-state index contributed by atoms with van der Waals surface area (Å²) in [6.07, 6.45) is 4.84. The lowest BCUT2D eigenvalue weighted by molar-refractivity contribution is 0.0662. The zero-order valence-electron chi connectivity index (χ0n) is 15.3. The first kappa shape index (κ1) is 20.7. The van der Waals surface area contributed by atoms with Crippen LogP contribution in [0.4, 0.5) is 5.82 Å². The van der Waals surface area contributed by atoms with Crippen molar-refractivity contribution in [3.63, 3.8) is 0 Å². The van der Waals surface area contributed by atoms with E-state index in [4.69, 9.17) is 33.7 Å². The lowest BCUT2D eigenvalue weighted by Gasteiger charge is -2.27. The lowest BCUT2D eigenvalue weighted by atomic mass is 9.86. The second kappa shape index (κ2) is 9.45. The number of aliphatic hydroxyl groups excluding tert-OH is 1. The van der Waals surface area contributed by atoms with E-state index in [2.05, 4.69) is 10.3 Å². The molecule has 1 saturated carbocycles. The van der Waals surface area contributed by atoms with Crippen LogP contribution in [-0.4, -0.2) is 28.6 Å². The number of halogens is 2. The second-order valence-corrected chi connectivity index (χ2v) is 7.73. The Hall–Kier alpha value is -2.02. The fraction of sp³-hybridized carbons (Fsp3) is 0.400. The highest BCUT2D eigenvalue weighted by atomic mass is 35.5. The first-order valence-electron chi connectivity index (χ1n) is 9.23. The number of nitrogens with one attached hydrogen (secondary N) is 1. The predicted octanol–water partition coefficient (Wildman–Crippen LogP) is 3.83. The van der Waals surface area contributed by atoms with Gasteiger partial charge in [0.15, 0.2) is 11.6 Å². The third-order valence-corrected chi connectivity index (χ3v) is 5.68. The molecule has 1 fully saturated rings. The Morgan fingerprint density at radius 3 is 2.71 bits per heavy atom. The average Bonchev–Trinajstić information content (AvgIpc) is 2.68. The van der Waals surface area contributed by atoms with Crippen molar-refractivity contribution in [3.8, 4) is 5.75 Å². The van der Waals surface area contributed by atoms with Gasteiger partial charge >= 0.3 is 0 Å². The Morgan fingerprint density at radius 1 is 1.29 bits per heavy atom. The zero-order chi connectivity index (χ0) is 20.1. The number of nitrogens with two attached hydrogens (primary N) is 1. The first-order chi connectivity index (χ1) is 13.5. The summed E-state index contributed by atoms with van der Waals surface area (Å²) >= 11 is 12.3. The summed E-state index contributed by atoms with van der Waals surface area (Å²) in [5.74, 6) is 0.243. The van der Waals surface area contributed by atoms with E-state index in [0.717, 1.165) is 25.7 Å². The van der Waals surface area contributed by atoms with E-state index < -0.39 is 0 Å². The number of ether oxygens (including phenoxy) is 1. The predicted molar refractivity (Wildman–Crippen MR) is 110 cm³/mol. The molecule has 28 heavy (non-hydrogen) atoms. The summed E-state index contributed by atoms with van der Waals surface area (Å²) in [6, 6.07) is 6.73. The van der Waals surface area contributed by atoms with E-state index in [1.807, 2.05) is 0 Å². The van der Waals surface area contributed by atoms with Gasteiger partial charge < -0.3 is 20.9 Å². The Balaban J connectivity index is 1.64. The molecule has 0 unspecified atom stereocenters. The van der Waals surface area contributed by atoms with E-state index in [-0.39, 0.29) is 36.1 Å². The fourth-order valence-corrected chi connectivity index (χ4v) is 3.77. The fourth-order valence-electron chi connectivity index (χ4n) is 3.27. The first-order valence-corrected chi connectivity index (χ1v) is 9.98. The molecule has 1 amide bonds. The minimum absolute atomic E-state index is 0.0810. The van der Waals surface area contributed by atoms with Gasteiger partial charge in [-0.15, -0.1) is 0 Å². The van der Waals surface area contributed by atoms with Crippen LogP contribution in [0.5, 0.6) is 5.75 Å². The molecule has 0 radical (unpaired) electrons. The Bertz CT molecular complexity index is 827. The number of nitrogen functional groups attached to an aromatic ring is 1. The van der Waals surface area contributed by atoms with Crippen molar-refractivity contribution < 1.29 is 14.6 Å². The molecule has 4 N–H and O–H groups in total. The number of anilines is 1. The average molecular weight is 424 g/mol. The lowest BCUT2D eigenvalue weighted by Crippen LogP contribution is -2.36. The van der Waals surface area contributed by atoms with Crippen molar-refractivity contribution in [3.05, 3.63) is 51.6 Å². The summed E-state index contributed by atoms with van der Waals surface area (Å²) in [6.45, 7) is 0.527. The molecular formula is C20H23Cl2N3O3. The van der Waals surface area contributed by atoms with Gasteiger partial charge in [-0.2, -0.15) is 0 Å². The Morgan fingerprint density at radius 2 is 2.00 bits per heavy atom. The number of carbonyl (C=O) groups excluding carboxylic acids is 1. The van der Waals surface area contributed by atoms with Gasteiger partial charge in [0.25, 0.3) is 5.91 Å². The van der Waals surface area contributed by atoms with Crippen LogP contribution in [0.1, 0.15) is 41.6 Å². The van der Waals surface area contributed by atoms with Crippen molar-refractivity contribution in [2.45, 2.75) is 38.4 Å². The number of carbonyl (C=O) groups is 1. The van der Waals surface area contributed by atoms with Gasteiger partial charge in [-0.3, -0.25) is 4.79 Å². The summed E-state index contributed by atoms with van der Waals surface area (Å²) in [5.41, 5.74) is 6.84. The summed E-state index contributed by atoms with van der Waals surface area (Å²) in [5, 5.41) is 13.9. The maximum absolute atomic E-state index is 12.5. The molecule has 6 nitrogen and oxygen atoms in total. The maximum Gasteiger partial charge on any atom is 0.252 e. The van der Waals surface area contributed by atoms with Gasteiger partial charge in [0.1, 0.15) is 6.61 Å². The molecule has 1 heterocycles. The molecule has 1 aromatic carbocycles. The largest absolute Gasteiger partial charge is 0.485 e. The molecule has 0 spiro atoms. The van der Waals surface area contributed by atoms with E-state index in [1.165, 1.54) is 6.20 Å². The van der Waals surface area contributed by atoms with Gasteiger partial charge in [0.2, 0.25) is 0 Å². The molecule has 8 heteroatoms. The van der Waals surface area contributed by atoms with E-state index in [0.29, 0.717) is 27.7 Å². The minimum Gasteiger partial charge on any atom is -0.485 e. The summed E-state index contributed by atoms with van der Waals surface area (Å²) in [4.78, 5) is 16.5. The molecule has 0 bridgehead atoms. The monoisotopic (exact) mass is 423 g/mol. The van der Waals surface area contributed by atoms with Crippen LogP contribution in [0.2, 0.25) is 10.0 Å². The van der Waals surface area contributed by atoms with Gasteiger partial charge in [-0.25, -0.2) is 4.98 Å². The molecule has 2 aromatic rings. The highest BCUT2D eigenvalue weighted by Gasteiger charge is 2.23. The van der Waals surface area contributed by atoms with Gasteiger partial charge in [0, 0.05) is 34.3 Å². The van der Waals surface area contributed by atoms with Crippen LogP contribution < -0.4 is 15.8 Å².